The molecule has 6 nitrogen and oxygen atoms in total. The number of carbonyl (C=O) groups excluding carboxylic acids is 1. The van der Waals surface area contributed by atoms with E-state index in [0.717, 1.165) is 13.0 Å². The van der Waals surface area contributed by atoms with Crippen molar-refractivity contribution in [3.05, 3.63) is 30.1 Å². The number of carboxylic acids is 1. The summed E-state index contributed by atoms with van der Waals surface area (Å²) in [6.45, 7) is 1.61. The summed E-state index contributed by atoms with van der Waals surface area (Å²) in [4.78, 5) is 30.5. The summed E-state index contributed by atoms with van der Waals surface area (Å²) in [5, 5.41) is 8.77. The molecule has 0 radical (unpaired) electrons. The van der Waals surface area contributed by atoms with Crippen LogP contribution in [0.3, 0.4) is 0 Å². The number of aliphatic carboxylic acids is 1. The molecule has 0 spiro atoms. The maximum atomic E-state index is 12.3. The number of carbonyl (C=O) groups is 2. The number of hydrogen-bond acceptors (Lipinski definition) is 4. The highest BCUT2D eigenvalue weighted by Crippen LogP contribution is 2.05. The lowest BCUT2D eigenvalue weighted by Gasteiger charge is -2.22. The summed E-state index contributed by atoms with van der Waals surface area (Å²) >= 11 is 0. The molecule has 20 heavy (non-hydrogen) atoms. The van der Waals surface area contributed by atoms with Crippen LogP contribution in [-0.4, -0.2) is 65.5 Å². The lowest BCUT2D eigenvalue weighted by Crippen LogP contribution is -2.35. The summed E-state index contributed by atoms with van der Waals surface area (Å²) in [6, 6.07) is 3.39. The second-order valence-corrected chi connectivity index (χ2v) is 4.83. The van der Waals surface area contributed by atoms with Crippen LogP contribution in [0.5, 0.6) is 0 Å². The summed E-state index contributed by atoms with van der Waals surface area (Å²) in [5.74, 6) is -1.07. The number of pyridine rings is 1. The summed E-state index contributed by atoms with van der Waals surface area (Å²) in [5.41, 5.74) is 0.489. The topological polar surface area (TPSA) is 73.7 Å². The molecular weight excluding hydrogens is 258 g/mol. The van der Waals surface area contributed by atoms with E-state index in [-0.39, 0.29) is 18.9 Å². The SMILES string of the molecule is CN(C)CCCN(CCC(=O)O)C(=O)c1cccnc1. The van der Waals surface area contributed by atoms with Gasteiger partial charge in [-0.05, 0) is 39.2 Å². The van der Waals surface area contributed by atoms with Gasteiger partial charge in [-0.15, -0.1) is 0 Å². The van der Waals surface area contributed by atoms with Gasteiger partial charge in [0.1, 0.15) is 0 Å². The molecule has 0 aromatic carbocycles. The quantitative estimate of drug-likeness (QED) is 0.767. The van der Waals surface area contributed by atoms with Crippen molar-refractivity contribution in [1.29, 1.82) is 0 Å². The molecule has 0 atom stereocenters. The van der Waals surface area contributed by atoms with E-state index in [2.05, 4.69) is 4.98 Å². The van der Waals surface area contributed by atoms with E-state index in [1.54, 1.807) is 23.2 Å². The van der Waals surface area contributed by atoms with Crippen molar-refractivity contribution in [3.8, 4) is 0 Å². The van der Waals surface area contributed by atoms with Crippen LogP contribution in [-0.2, 0) is 4.79 Å². The van der Waals surface area contributed by atoms with Gasteiger partial charge in [-0.1, -0.05) is 0 Å². The maximum Gasteiger partial charge on any atom is 0.305 e. The number of carboxylic acid groups (broad SMARTS) is 1. The van der Waals surface area contributed by atoms with E-state index in [9.17, 15) is 9.59 Å². The second-order valence-electron chi connectivity index (χ2n) is 4.83. The molecule has 1 amide bonds. The molecule has 0 fully saturated rings. The average Bonchev–Trinajstić information content (AvgIpc) is 2.42. The molecule has 0 aliphatic rings. The van der Waals surface area contributed by atoms with E-state index in [1.807, 2.05) is 19.0 Å². The van der Waals surface area contributed by atoms with Gasteiger partial charge in [0.15, 0.2) is 0 Å². The first-order chi connectivity index (χ1) is 9.50. The molecule has 0 aliphatic heterocycles. The molecule has 1 aromatic rings. The highest BCUT2D eigenvalue weighted by molar-refractivity contribution is 5.94. The first-order valence-electron chi connectivity index (χ1n) is 6.56. The maximum absolute atomic E-state index is 12.3. The Morgan fingerprint density at radius 1 is 1.25 bits per heavy atom. The van der Waals surface area contributed by atoms with Gasteiger partial charge in [0, 0.05) is 25.5 Å². The molecular formula is C14H21N3O3. The van der Waals surface area contributed by atoms with Gasteiger partial charge in [0.2, 0.25) is 0 Å². The van der Waals surface area contributed by atoms with Crippen molar-refractivity contribution in [3.63, 3.8) is 0 Å². The van der Waals surface area contributed by atoms with E-state index in [0.29, 0.717) is 12.1 Å². The summed E-state index contributed by atoms with van der Waals surface area (Å²) < 4.78 is 0. The predicted octanol–water partition coefficient (Wildman–Crippen LogP) is 0.950. The highest BCUT2D eigenvalue weighted by atomic mass is 16.4. The van der Waals surface area contributed by atoms with Crippen LogP contribution >= 0.6 is 0 Å². The molecule has 0 unspecified atom stereocenters. The Hall–Kier alpha value is -1.95. The van der Waals surface area contributed by atoms with E-state index in [1.165, 1.54) is 6.20 Å². The van der Waals surface area contributed by atoms with Crippen molar-refractivity contribution >= 4 is 11.9 Å². The third kappa shape index (κ3) is 5.79. The molecule has 1 heterocycles. The van der Waals surface area contributed by atoms with Crippen LogP contribution in [0.1, 0.15) is 23.2 Å². The van der Waals surface area contributed by atoms with Crippen LogP contribution < -0.4 is 0 Å². The number of amides is 1. The minimum Gasteiger partial charge on any atom is -0.481 e. The van der Waals surface area contributed by atoms with Crippen LogP contribution in [0.25, 0.3) is 0 Å². The fraction of sp³-hybridized carbons (Fsp3) is 0.500. The van der Waals surface area contributed by atoms with E-state index >= 15 is 0 Å². The zero-order chi connectivity index (χ0) is 15.0. The minimum atomic E-state index is -0.901. The molecule has 1 aromatic heterocycles. The first kappa shape index (κ1) is 16.1. The molecule has 0 aliphatic carbocycles. The minimum absolute atomic E-state index is 0.0477. The molecule has 0 saturated heterocycles. The largest absolute Gasteiger partial charge is 0.481 e. The molecule has 0 saturated carbocycles. The van der Waals surface area contributed by atoms with Crippen LogP contribution in [0.4, 0.5) is 0 Å². The van der Waals surface area contributed by atoms with Gasteiger partial charge in [-0.2, -0.15) is 0 Å². The van der Waals surface area contributed by atoms with Crippen LogP contribution in [0, 0.1) is 0 Å². The van der Waals surface area contributed by atoms with Gasteiger partial charge >= 0.3 is 5.97 Å². The van der Waals surface area contributed by atoms with Crippen molar-refractivity contribution in [2.75, 3.05) is 33.7 Å². The Labute approximate surface area is 119 Å². The number of hydrogen-bond donors (Lipinski definition) is 1. The number of aromatic nitrogens is 1. The fourth-order valence-corrected chi connectivity index (χ4v) is 1.80. The Kier molecular flexibility index (Phi) is 6.66. The Morgan fingerprint density at radius 2 is 2.00 bits per heavy atom. The van der Waals surface area contributed by atoms with Crippen molar-refractivity contribution in [2.45, 2.75) is 12.8 Å². The molecule has 1 rings (SSSR count). The van der Waals surface area contributed by atoms with Crippen molar-refractivity contribution < 1.29 is 14.7 Å². The monoisotopic (exact) mass is 279 g/mol. The van der Waals surface area contributed by atoms with Crippen molar-refractivity contribution in [2.24, 2.45) is 0 Å². The Morgan fingerprint density at radius 3 is 2.55 bits per heavy atom. The second kappa shape index (κ2) is 8.27. The van der Waals surface area contributed by atoms with Gasteiger partial charge < -0.3 is 14.9 Å². The summed E-state index contributed by atoms with van der Waals surface area (Å²) in [7, 11) is 3.93. The zero-order valence-corrected chi connectivity index (χ0v) is 12.0. The number of nitrogens with zero attached hydrogens (tertiary/aromatic N) is 3. The zero-order valence-electron chi connectivity index (χ0n) is 12.0. The molecule has 1 N–H and O–H groups in total. The normalized spacial score (nSPS) is 10.6. The standard InChI is InChI=1S/C14H21N3O3/c1-16(2)8-4-9-17(10-6-13(18)19)14(20)12-5-3-7-15-11-12/h3,5,7,11H,4,6,8-10H2,1-2H3,(H,18,19). The molecule has 0 bridgehead atoms. The van der Waals surface area contributed by atoms with Gasteiger partial charge in [-0.25, -0.2) is 0 Å². The van der Waals surface area contributed by atoms with Gasteiger partial charge in [-0.3, -0.25) is 14.6 Å². The summed E-state index contributed by atoms with van der Waals surface area (Å²) in [6.07, 6.45) is 3.86. The Balaban J connectivity index is 2.65. The predicted molar refractivity (Wildman–Crippen MR) is 75.6 cm³/mol. The lowest BCUT2D eigenvalue weighted by atomic mass is 10.2. The smallest absolute Gasteiger partial charge is 0.305 e. The first-order valence-corrected chi connectivity index (χ1v) is 6.56. The van der Waals surface area contributed by atoms with Crippen molar-refractivity contribution in [1.82, 2.24) is 14.8 Å². The van der Waals surface area contributed by atoms with Crippen LogP contribution in [0.2, 0.25) is 0 Å². The lowest BCUT2D eigenvalue weighted by molar-refractivity contribution is -0.137. The third-order valence-corrected chi connectivity index (χ3v) is 2.82. The highest BCUT2D eigenvalue weighted by Gasteiger charge is 2.16. The number of rotatable bonds is 8. The fourth-order valence-electron chi connectivity index (χ4n) is 1.80. The van der Waals surface area contributed by atoms with Gasteiger partial charge in [0.25, 0.3) is 5.91 Å². The Bertz CT molecular complexity index is 435. The van der Waals surface area contributed by atoms with E-state index < -0.39 is 5.97 Å². The average molecular weight is 279 g/mol. The third-order valence-electron chi connectivity index (χ3n) is 2.82. The van der Waals surface area contributed by atoms with Crippen LogP contribution in [0.15, 0.2) is 24.5 Å². The molecule has 6 heteroatoms. The van der Waals surface area contributed by atoms with E-state index in [4.69, 9.17) is 5.11 Å². The molecule has 110 valence electrons. The van der Waals surface area contributed by atoms with Gasteiger partial charge in [0.05, 0.1) is 12.0 Å².